The van der Waals surface area contributed by atoms with Gasteiger partial charge in [-0.1, -0.05) is 41.0 Å². The number of nitrogens with zero attached hydrogens (tertiary/aromatic N) is 2. The molecule has 8 heteroatoms. The van der Waals surface area contributed by atoms with Crippen LogP contribution in [-0.2, 0) is 9.59 Å². The largest absolute Gasteiger partial charge is 0.344 e. The van der Waals surface area contributed by atoms with E-state index in [1.807, 2.05) is 13.8 Å². The molecule has 1 aliphatic carbocycles. The van der Waals surface area contributed by atoms with Gasteiger partial charge in [0, 0.05) is 13.6 Å². The smallest absolute Gasteiger partial charge is 0.325 e. The molecule has 0 unspecified atom stereocenters. The highest BCUT2D eigenvalue weighted by molar-refractivity contribution is 6.09. The molecule has 1 aliphatic heterocycles. The molecule has 0 bridgehead atoms. The molecule has 0 radical (unpaired) electrons. The maximum Gasteiger partial charge on any atom is 0.325 e. The molecular weight excluding hydrogens is 392 g/mol. The Morgan fingerprint density at radius 3 is 2.28 bits per heavy atom. The van der Waals surface area contributed by atoms with Crippen LogP contribution in [0.1, 0.15) is 66.7 Å². The number of urea groups is 1. The second kappa shape index (κ2) is 9.21. The minimum Gasteiger partial charge on any atom is -0.344 e. The van der Waals surface area contributed by atoms with Crippen LogP contribution in [0.25, 0.3) is 0 Å². The van der Waals surface area contributed by atoms with E-state index in [2.05, 4.69) is 26.1 Å². The predicted molar refractivity (Wildman–Crippen MR) is 117 cm³/mol. The Kier molecular flexibility index (Phi) is 8.16. The van der Waals surface area contributed by atoms with Gasteiger partial charge < -0.3 is 16.0 Å². The van der Waals surface area contributed by atoms with Crippen molar-refractivity contribution in [2.45, 2.75) is 72.3 Å². The number of rotatable bonds is 7. The third-order valence-electron chi connectivity index (χ3n) is 7.04. The lowest BCUT2D eigenvalue weighted by Crippen LogP contribution is -2.51. The number of amides is 4. The van der Waals surface area contributed by atoms with Crippen molar-refractivity contribution in [2.75, 3.05) is 26.7 Å². The molecule has 3 N–H and O–H groups in total. The maximum atomic E-state index is 13.1. The molecule has 2 rings (SSSR count). The molecule has 1 saturated heterocycles. The van der Waals surface area contributed by atoms with Crippen molar-refractivity contribution in [1.82, 2.24) is 15.1 Å². The van der Waals surface area contributed by atoms with Crippen molar-refractivity contribution < 1.29 is 14.4 Å². The summed E-state index contributed by atoms with van der Waals surface area (Å²) in [5.74, 6) is 0.0566. The summed E-state index contributed by atoms with van der Waals surface area (Å²) < 4.78 is 0. The van der Waals surface area contributed by atoms with Gasteiger partial charge >= 0.3 is 6.03 Å². The highest BCUT2D eigenvalue weighted by atomic mass is 35.5. The first-order valence-electron chi connectivity index (χ1n) is 10.5. The minimum absolute atomic E-state index is 0. The number of hydrogen-bond donors (Lipinski definition) is 2. The molecule has 0 aromatic heterocycles. The van der Waals surface area contributed by atoms with E-state index in [1.165, 1.54) is 0 Å². The van der Waals surface area contributed by atoms with Crippen LogP contribution in [-0.4, -0.2) is 59.9 Å². The first-order chi connectivity index (χ1) is 12.9. The summed E-state index contributed by atoms with van der Waals surface area (Å²) in [5, 5.41) is 2.91. The van der Waals surface area contributed by atoms with E-state index in [4.69, 9.17) is 5.73 Å². The third kappa shape index (κ3) is 5.43. The summed E-state index contributed by atoms with van der Waals surface area (Å²) in [4.78, 5) is 40.8. The second-order valence-electron chi connectivity index (χ2n) is 10.1. The van der Waals surface area contributed by atoms with E-state index in [0.717, 1.165) is 24.2 Å². The van der Waals surface area contributed by atoms with Crippen LogP contribution in [0.2, 0.25) is 0 Å². The number of halogens is 1. The number of hydrogen-bond acceptors (Lipinski definition) is 4. The lowest BCUT2D eigenvalue weighted by molar-refractivity contribution is -0.139. The van der Waals surface area contributed by atoms with E-state index in [-0.39, 0.29) is 41.6 Å². The number of carbonyl (C=O) groups is 3. The molecule has 0 aromatic carbocycles. The molecule has 7 nitrogen and oxygen atoms in total. The average Bonchev–Trinajstić information content (AvgIpc) is 2.85. The number of carbonyl (C=O) groups excluding carboxylic acids is 3. The van der Waals surface area contributed by atoms with Crippen LogP contribution in [0.15, 0.2) is 0 Å². The zero-order valence-corrected chi connectivity index (χ0v) is 19.7. The molecule has 1 saturated carbocycles. The SMILES string of the molecule is CCC(C)(C)C1CCC2(CC1)NC(=O)N(CC(=O)N(C)CC(C)(C)CN)C2=O.Cl. The topological polar surface area (TPSA) is 95.7 Å². The molecule has 4 amide bonds. The zero-order valence-electron chi connectivity index (χ0n) is 18.8. The van der Waals surface area contributed by atoms with Gasteiger partial charge in [-0.05, 0) is 49.0 Å². The van der Waals surface area contributed by atoms with Gasteiger partial charge in [0.2, 0.25) is 5.91 Å². The van der Waals surface area contributed by atoms with Crippen LogP contribution in [0, 0.1) is 16.7 Å². The number of nitrogens with two attached hydrogens (primary N) is 1. The lowest BCUT2D eigenvalue weighted by Gasteiger charge is -2.42. The van der Waals surface area contributed by atoms with Crippen LogP contribution < -0.4 is 11.1 Å². The second-order valence-corrected chi connectivity index (χ2v) is 10.1. The Balaban J connectivity index is 0.00000420. The van der Waals surface area contributed by atoms with Gasteiger partial charge in [0.15, 0.2) is 0 Å². The number of nitrogens with one attached hydrogen (secondary N) is 1. The van der Waals surface area contributed by atoms with Crippen molar-refractivity contribution in [3.8, 4) is 0 Å². The highest BCUT2D eigenvalue weighted by Gasteiger charge is 2.53. The molecule has 168 valence electrons. The van der Waals surface area contributed by atoms with Crippen molar-refractivity contribution in [3.05, 3.63) is 0 Å². The predicted octanol–water partition coefficient (Wildman–Crippen LogP) is 2.77. The molecule has 2 fully saturated rings. The summed E-state index contributed by atoms with van der Waals surface area (Å²) in [6.07, 6.45) is 4.22. The van der Waals surface area contributed by atoms with Gasteiger partial charge in [-0.15, -0.1) is 12.4 Å². The van der Waals surface area contributed by atoms with E-state index in [1.54, 1.807) is 11.9 Å². The summed E-state index contributed by atoms with van der Waals surface area (Å²) in [6, 6.07) is -0.446. The van der Waals surface area contributed by atoms with E-state index in [9.17, 15) is 14.4 Å². The summed E-state index contributed by atoms with van der Waals surface area (Å²) in [6.45, 7) is 11.4. The molecule has 2 aliphatic rings. The molecule has 1 spiro atoms. The average molecular weight is 431 g/mol. The molecule has 29 heavy (non-hydrogen) atoms. The minimum atomic E-state index is -0.827. The van der Waals surface area contributed by atoms with Gasteiger partial charge in [-0.25, -0.2) is 4.79 Å². The monoisotopic (exact) mass is 430 g/mol. The standard InChI is InChI=1S/C21H38N4O3.ClH/c1-7-20(4,5)15-8-10-21(11-9-15)17(27)25(18(28)23-21)12-16(26)24(6)14-19(2,3)13-22;/h15H,7-14,22H2,1-6H3,(H,23,28);1H. The van der Waals surface area contributed by atoms with Crippen LogP contribution in [0.4, 0.5) is 4.79 Å². The third-order valence-corrected chi connectivity index (χ3v) is 7.04. The van der Waals surface area contributed by atoms with Crippen molar-refractivity contribution in [1.29, 1.82) is 0 Å². The van der Waals surface area contributed by atoms with Gasteiger partial charge in [0.25, 0.3) is 5.91 Å². The van der Waals surface area contributed by atoms with Gasteiger partial charge in [-0.2, -0.15) is 0 Å². The van der Waals surface area contributed by atoms with Crippen molar-refractivity contribution >= 4 is 30.3 Å². The fourth-order valence-corrected chi connectivity index (χ4v) is 4.39. The van der Waals surface area contributed by atoms with E-state index < -0.39 is 11.6 Å². The van der Waals surface area contributed by atoms with Crippen molar-refractivity contribution in [2.24, 2.45) is 22.5 Å². The Bertz CT molecular complexity index is 627. The molecular formula is C21H39ClN4O3. The van der Waals surface area contributed by atoms with Crippen molar-refractivity contribution in [3.63, 3.8) is 0 Å². The van der Waals surface area contributed by atoms with Crippen LogP contribution in [0.5, 0.6) is 0 Å². The van der Waals surface area contributed by atoms with Gasteiger partial charge in [0.05, 0.1) is 0 Å². The Morgan fingerprint density at radius 2 is 1.79 bits per heavy atom. The lowest BCUT2D eigenvalue weighted by atomic mass is 9.65. The van der Waals surface area contributed by atoms with Crippen LogP contribution in [0.3, 0.4) is 0 Å². The normalized spacial score (nSPS) is 25.1. The van der Waals surface area contributed by atoms with Gasteiger partial charge in [-0.3, -0.25) is 14.5 Å². The Morgan fingerprint density at radius 1 is 1.24 bits per heavy atom. The molecule has 1 heterocycles. The first kappa shape index (κ1) is 25.7. The zero-order chi connectivity index (χ0) is 21.3. The van der Waals surface area contributed by atoms with E-state index >= 15 is 0 Å². The Labute approximate surface area is 181 Å². The first-order valence-corrected chi connectivity index (χ1v) is 10.5. The summed E-state index contributed by atoms with van der Waals surface area (Å²) in [7, 11) is 1.69. The maximum absolute atomic E-state index is 13.1. The number of likely N-dealkylation sites (N-methyl/N-ethyl adjacent to an activating group) is 1. The van der Waals surface area contributed by atoms with E-state index in [0.29, 0.717) is 31.8 Å². The number of imide groups is 1. The van der Waals surface area contributed by atoms with Gasteiger partial charge in [0.1, 0.15) is 12.1 Å². The van der Waals surface area contributed by atoms with Crippen LogP contribution >= 0.6 is 12.4 Å². The fourth-order valence-electron chi connectivity index (χ4n) is 4.39. The quantitative estimate of drug-likeness (QED) is 0.607. The summed E-state index contributed by atoms with van der Waals surface area (Å²) in [5.41, 5.74) is 4.94. The molecule has 0 atom stereocenters. The Hall–Kier alpha value is -1.34. The summed E-state index contributed by atoms with van der Waals surface area (Å²) >= 11 is 0. The fraction of sp³-hybridized carbons (Fsp3) is 0.857. The highest BCUT2D eigenvalue weighted by Crippen LogP contribution is 2.45. The molecule has 0 aromatic rings.